The predicted molar refractivity (Wildman–Crippen MR) is 81.6 cm³/mol. The summed E-state index contributed by atoms with van der Waals surface area (Å²) in [6, 6.07) is 8.72. The summed E-state index contributed by atoms with van der Waals surface area (Å²) in [4.78, 5) is 23.0. The van der Waals surface area contributed by atoms with Gasteiger partial charge in [0, 0.05) is 25.8 Å². The Kier molecular flexibility index (Phi) is 4.03. The summed E-state index contributed by atoms with van der Waals surface area (Å²) in [7, 11) is 0. The summed E-state index contributed by atoms with van der Waals surface area (Å²) in [6.07, 6.45) is 0. The molecule has 2 aromatic rings. The zero-order chi connectivity index (χ0) is 14.9. The number of amides is 2. The molecule has 0 fully saturated rings. The maximum absolute atomic E-state index is 14.0. The number of benzene rings is 2. The van der Waals surface area contributed by atoms with Gasteiger partial charge >= 0.3 is 0 Å². The van der Waals surface area contributed by atoms with Crippen molar-refractivity contribution in [2.24, 2.45) is 11.5 Å². The predicted octanol–water partition coefficient (Wildman–Crippen LogP) is 2.30. The molecule has 0 unspecified atom stereocenters. The van der Waals surface area contributed by atoms with Crippen molar-refractivity contribution < 1.29 is 14.0 Å². The molecular formula is C14H10FIN2O2. The Balaban J connectivity index is 2.86. The number of hydrogen-bond donors (Lipinski definition) is 2. The minimum atomic E-state index is -0.749. The number of carbonyl (C=O) groups is 2. The van der Waals surface area contributed by atoms with E-state index in [9.17, 15) is 14.0 Å². The lowest BCUT2D eigenvalue weighted by Gasteiger charge is -2.12. The molecule has 0 saturated heterocycles. The van der Waals surface area contributed by atoms with E-state index in [1.807, 2.05) is 22.6 Å². The van der Waals surface area contributed by atoms with Crippen LogP contribution in [0.15, 0.2) is 36.4 Å². The molecule has 0 saturated carbocycles. The Labute approximate surface area is 128 Å². The number of nitrogens with two attached hydrogens (primary N) is 2. The molecule has 4 N–H and O–H groups in total. The van der Waals surface area contributed by atoms with Gasteiger partial charge in [-0.25, -0.2) is 4.39 Å². The van der Waals surface area contributed by atoms with Crippen LogP contribution in [0.5, 0.6) is 0 Å². The van der Waals surface area contributed by atoms with Crippen molar-refractivity contribution in [2.45, 2.75) is 0 Å². The van der Waals surface area contributed by atoms with E-state index in [-0.39, 0.29) is 22.3 Å². The molecular weight excluding hydrogens is 374 g/mol. The molecule has 0 aromatic heterocycles. The Hall–Kier alpha value is -1.96. The fourth-order valence-electron chi connectivity index (χ4n) is 1.94. The molecule has 4 nitrogen and oxygen atoms in total. The molecule has 6 heteroatoms. The van der Waals surface area contributed by atoms with Crippen LogP contribution in [0.1, 0.15) is 20.7 Å². The Morgan fingerprint density at radius 3 is 2.05 bits per heavy atom. The first kappa shape index (κ1) is 14.4. The summed E-state index contributed by atoms with van der Waals surface area (Å²) in [5.41, 5.74) is 11.0. The molecule has 2 amide bonds. The van der Waals surface area contributed by atoms with E-state index >= 15 is 0 Å². The third-order valence-corrected chi connectivity index (χ3v) is 3.46. The van der Waals surface area contributed by atoms with E-state index in [1.165, 1.54) is 30.3 Å². The third-order valence-electron chi connectivity index (χ3n) is 2.79. The number of primary amides is 2. The standard InChI is InChI=1S/C14H10FIN2O2/c15-11-5-4-7(16)6-10(11)12-8(13(17)19)2-1-3-9(12)14(18)20/h1-6H,(H2,17,19)(H2,18,20). The van der Waals surface area contributed by atoms with E-state index in [4.69, 9.17) is 11.5 Å². The van der Waals surface area contributed by atoms with Crippen molar-refractivity contribution in [1.82, 2.24) is 0 Å². The van der Waals surface area contributed by atoms with Gasteiger partial charge in [-0.15, -0.1) is 0 Å². The Morgan fingerprint density at radius 1 is 1.00 bits per heavy atom. The van der Waals surface area contributed by atoms with Crippen LogP contribution in [0.4, 0.5) is 4.39 Å². The summed E-state index contributed by atoms with van der Waals surface area (Å²) >= 11 is 2.01. The monoisotopic (exact) mass is 384 g/mol. The van der Waals surface area contributed by atoms with Gasteiger partial charge < -0.3 is 11.5 Å². The first-order valence-corrected chi connectivity index (χ1v) is 6.67. The fourth-order valence-corrected chi connectivity index (χ4v) is 2.43. The number of halogens is 2. The van der Waals surface area contributed by atoms with Gasteiger partial charge in [-0.05, 0) is 52.9 Å². The van der Waals surface area contributed by atoms with Gasteiger partial charge in [0.1, 0.15) is 5.82 Å². The van der Waals surface area contributed by atoms with Crippen molar-refractivity contribution in [3.63, 3.8) is 0 Å². The molecule has 0 heterocycles. The second kappa shape index (κ2) is 5.58. The van der Waals surface area contributed by atoms with Crippen molar-refractivity contribution in [3.05, 3.63) is 56.9 Å². The van der Waals surface area contributed by atoms with E-state index in [0.29, 0.717) is 0 Å². The van der Waals surface area contributed by atoms with Crippen LogP contribution in [0.25, 0.3) is 11.1 Å². The quantitative estimate of drug-likeness (QED) is 0.796. The summed E-state index contributed by atoms with van der Waals surface area (Å²) < 4.78 is 14.8. The minimum absolute atomic E-state index is 0.0576. The first-order chi connectivity index (χ1) is 9.41. The lowest BCUT2D eigenvalue weighted by atomic mass is 9.93. The van der Waals surface area contributed by atoms with Gasteiger partial charge in [0.15, 0.2) is 0 Å². The fraction of sp³-hybridized carbons (Fsp3) is 0. The Morgan fingerprint density at radius 2 is 1.55 bits per heavy atom. The van der Waals surface area contributed by atoms with Crippen molar-refractivity contribution in [2.75, 3.05) is 0 Å². The Bertz CT molecular complexity index is 684. The van der Waals surface area contributed by atoms with Crippen LogP contribution >= 0.6 is 22.6 Å². The zero-order valence-electron chi connectivity index (χ0n) is 10.2. The van der Waals surface area contributed by atoms with Crippen LogP contribution in [-0.4, -0.2) is 11.8 Å². The van der Waals surface area contributed by atoms with Crippen molar-refractivity contribution in [1.29, 1.82) is 0 Å². The molecule has 20 heavy (non-hydrogen) atoms. The average Bonchev–Trinajstić information content (AvgIpc) is 2.40. The second-order valence-electron chi connectivity index (χ2n) is 4.08. The summed E-state index contributed by atoms with van der Waals surface area (Å²) in [5.74, 6) is -2.05. The number of hydrogen-bond acceptors (Lipinski definition) is 2. The van der Waals surface area contributed by atoms with Crippen LogP contribution in [-0.2, 0) is 0 Å². The van der Waals surface area contributed by atoms with Gasteiger partial charge in [0.2, 0.25) is 11.8 Å². The largest absolute Gasteiger partial charge is 0.366 e. The maximum Gasteiger partial charge on any atom is 0.249 e. The van der Waals surface area contributed by atoms with Gasteiger partial charge in [-0.2, -0.15) is 0 Å². The van der Waals surface area contributed by atoms with E-state index in [1.54, 1.807) is 6.07 Å². The molecule has 0 spiro atoms. The molecule has 0 aliphatic heterocycles. The highest BCUT2D eigenvalue weighted by Crippen LogP contribution is 2.31. The minimum Gasteiger partial charge on any atom is -0.366 e. The molecule has 0 aliphatic rings. The maximum atomic E-state index is 14.0. The van der Waals surface area contributed by atoms with Crippen molar-refractivity contribution >= 4 is 34.4 Å². The van der Waals surface area contributed by atoms with Gasteiger partial charge in [0.25, 0.3) is 0 Å². The molecule has 0 radical (unpaired) electrons. The normalized spacial score (nSPS) is 10.3. The average molecular weight is 384 g/mol. The van der Waals surface area contributed by atoms with Crippen LogP contribution in [0, 0.1) is 9.39 Å². The summed E-state index contributed by atoms with van der Waals surface area (Å²) in [5, 5.41) is 0. The third kappa shape index (κ3) is 2.64. The van der Waals surface area contributed by atoms with E-state index in [2.05, 4.69) is 0 Å². The molecule has 0 bridgehead atoms. The highest BCUT2D eigenvalue weighted by Gasteiger charge is 2.20. The summed E-state index contributed by atoms with van der Waals surface area (Å²) in [6.45, 7) is 0. The highest BCUT2D eigenvalue weighted by atomic mass is 127. The van der Waals surface area contributed by atoms with Crippen LogP contribution < -0.4 is 11.5 Å². The second-order valence-corrected chi connectivity index (χ2v) is 5.33. The van der Waals surface area contributed by atoms with Crippen molar-refractivity contribution in [3.8, 4) is 11.1 Å². The van der Waals surface area contributed by atoms with Crippen LogP contribution in [0.2, 0.25) is 0 Å². The van der Waals surface area contributed by atoms with Gasteiger partial charge in [0.05, 0.1) is 0 Å². The highest BCUT2D eigenvalue weighted by molar-refractivity contribution is 14.1. The number of rotatable bonds is 3. The lowest BCUT2D eigenvalue weighted by Crippen LogP contribution is -2.18. The number of carbonyl (C=O) groups excluding carboxylic acids is 2. The van der Waals surface area contributed by atoms with E-state index in [0.717, 1.165) is 3.57 Å². The molecule has 102 valence electrons. The molecule has 2 aromatic carbocycles. The van der Waals surface area contributed by atoms with Gasteiger partial charge in [-0.3, -0.25) is 9.59 Å². The van der Waals surface area contributed by atoms with E-state index < -0.39 is 17.6 Å². The zero-order valence-corrected chi connectivity index (χ0v) is 12.3. The first-order valence-electron chi connectivity index (χ1n) is 5.60. The SMILES string of the molecule is NC(=O)c1cccc(C(N)=O)c1-c1cc(I)ccc1F. The van der Waals surface area contributed by atoms with Gasteiger partial charge in [-0.1, -0.05) is 6.07 Å². The molecule has 2 rings (SSSR count). The molecule has 0 aliphatic carbocycles. The van der Waals surface area contributed by atoms with Crippen LogP contribution in [0.3, 0.4) is 0 Å². The smallest absolute Gasteiger partial charge is 0.249 e. The topological polar surface area (TPSA) is 86.2 Å². The lowest BCUT2D eigenvalue weighted by molar-refractivity contribution is 0.0999. The molecule has 0 atom stereocenters.